The summed E-state index contributed by atoms with van der Waals surface area (Å²) in [6.07, 6.45) is 0.966. The molecule has 1 amide bonds. The molecule has 0 aromatic rings. The molecule has 1 N–H and O–H groups in total. The van der Waals surface area contributed by atoms with Crippen LogP contribution in [0.25, 0.3) is 0 Å². The number of amides is 1. The summed E-state index contributed by atoms with van der Waals surface area (Å²) in [5.74, 6) is 0.611. The van der Waals surface area contributed by atoms with Gasteiger partial charge in [-0.25, -0.2) is 0 Å². The molecule has 1 aliphatic rings. The van der Waals surface area contributed by atoms with E-state index in [1.165, 1.54) is 0 Å². The Bertz CT molecular complexity index is 277. The minimum absolute atomic E-state index is 0.0324. The largest absolute Gasteiger partial charge is 0.377 e. The van der Waals surface area contributed by atoms with Gasteiger partial charge in [-0.3, -0.25) is 10.1 Å². The fourth-order valence-corrected chi connectivity index (χ4v) is 2.20. The zero-order chi connectivity index (χ0) is 13.2. The van der Waals surface area contributed by atoms with Crippen molar-refractivity contribution in [2.45, 2.75) is 58.8 Å². The topological polar surface area (TPSA) is 41.6 Å². The third-order valence-corrected chi connectivity index (χ3v) is 3.43. The van der Waals surface area contributed by atoms with Crippen molar-refractivity contribution in [1.82, 2.24) is 10.2 Å². The molecule has 0 bridgehead atoms. The summed E-state index contributed by atoms with van der Waals surface area (Å²) in [7, 11) is 1.69. The molecular weight excluding hydrogens is 216 g/mol. The van der Waals surface area contributed by atoms with Gasteiger partial charge < -0.3 is 9.64 Å². The van der Waals surface area contributed by atoms with Gasteiger partial charge in [0.2, 0.25) is 5.91 Å². The molecule has 1 fully saturated rings. The van der Waals surface area contributed by atoms with Crippen molar-refractivity contribution in [3.05, 3.63) is 0 Å². The molecule has 0 radical (unpaired) electrons. The second-order valence-corrected chi connectivity index (χ2v) is 5.75. The molecular formula is C13H26N2O2. The van der Waals surface area contributed by atoms with Crippen LogP contribution in [0.15, 0.2) is 0 Å². The predicted molar refractivity (Wildman–Crippen MR) is 68.6 cm³/mol. The molecule has 4 heteroatoms. The van der Waals surface area contributed by atoms with Crippen LogP contribution in [0.3, 0.4) is 0 Å². The normalized spacial score (nSPS) is 26.1. The minimum Gasteiger partial charge on any atom is -0.377 e. The van der Waals surface area contributed by atoms with Crippen LogP contribution in [0.1, 0.15) is 41.0 Å². The summed E-state index contributed by atoms with van der Waals surface area (Å²) >= 11 is 0. The van der Waals surface area contributed by atoms with Gasteiger partial charge in [0.25, 0.3) is 0 Å². The number of ether oxygens (including phenoxy) is 1. The average Bonchev–Trinajstić information content (AvgIpc) is 2.56. The molecule has 17 heavy (non-hydrogen) atoms. The third kappa shape index (κ3) is 3.19. The van der Waals surface area contributed by atoms with E-state index in [9.17, 15) is 4.79 Å². The molecule has 4 nitrogen and oxygen atoms in total. The standard InChI is InChI=1S/C13H26N2O2/c1-7-10-12(16)15(8-13(4,5)17-6)11(14-10)9(2)3/h9-11,14H,7-8H2,1-6H3. The first-order valence-corrected chi connectivity index (χ1v) is 6.44. The molecule has 2 atom stereocenters. The number of hydrogen-bond acceptors (Lipinski definition) is 3. The molecule has 100 valence electrons. The molecule has 1 aliphatic heterocycles. The average molecular weight is 242 g/mol. The number of hydrogen-bond donors (Lipinski definition) is 1. The van der Waals surface area contributed by atoms with Crippen LogP contribution in [0.4, 0.5) is 0 Å². The fourth-order valence-electron chi connectivity index (χ4n) is 2.20. The highest BCUT2D eigenvalue weighted by Crippen LogP contribution is 2.22. The smallest absolute Gasteiger partial charge is 0.241 e. The van der Waals surface area contributed by atoms with Gasteiger partial charge in [0.05, 0.1) is 24.4 Å². The van der Waals surface area contributed by atoms with Gasteiger partial charge in [-0.2, -0.15) is 0 Å². The van der Waals surface area contributed by atoms with E-state index in [-0.39, 0.29) is 23.7 Å². The SMILES string of the molecule is CCC1NC(C(C)C)N(CC(C)(C)OC)C1=O. The van der Waals surface area contributed by atoms with Crippen molar-refractivity contribution in [3.8, 4) is 0 Å². The molecule has 2 unspecified atom stereocenters. The molecule has 1 heterocycles. The highest BCUT2D eigenvalue weighted by molar-refractivity contribution is 5.84. The maximum absolute atomic E-state index is 12.3. The van der Waals surface area contributed by atoms with Gasteiger partial charge in [0.15, 0.2) is 0 Å². The molecule has 0 aromatic heterocycles. The van der Waals surface area contributed by atoms with E-state index in [2.05, 4.69) is 19.2 Å². The number of rotatable bonds is 5. The van der Waals surface area contributed by atoms with E-state index < -0.39 is 0 Å². The van der Waals surface area contributed by atoms with Gasteiger partial charge >= 0.3 is 0 Å². The lowest BCUT2D eigenvalue weighted by atomic mass is 10.1. The lowest BCUT2D eigenvalue weighted by Crippen LogP contribution is -2.48. The molecule has 1 rings (SSSR count). The zero-order valence-corrected chi connectivity index (χ0v) is 11.9. The second kappa shape index (κ2) is 5.36. The maximum atomic E-state index is 12.3. The van der Waals surface area contributed by atoms with Gasteiger partial charge in [0, 0.05) is 7.11 Å². The van der Waals surface area contributed by atoms with Gasteiger partial charge in [-0.1, -0.05) is 20.8 Å². The van der Waals surface area contributed by atoms with E-state index in [0.717, 1.165) is 6.42 Å². The summed E-state index contributed by atoms with van der Waals surface area (Å²) in [6.45, 7) is 11.0. The number of nitrogens with zero attached hydrogens (tertiary/aromatic N) is 1. The van der Waals surface area contributed by atoms with Crippen molar-refractivity contribution < 1.29 is 9.53 Å². The van der Waals surface area contributed by atoms with Gasteiger partial charge in [-0.15, -0.1) is 0 Å². The van der Waals surface area contributed by atoms with Crippen molar-refractivity contribution in [2.24, 2.45) is 5.92 Å². The van der Waals surface area contributed by atoms with E-state index in [1.54, 1.807) is 7.11 Å². The Morgan fingerprint density at radius 2 is 2.06 bits per heavy atom. The number of carbonyl (C=O) groups is 1. The number of carbonyl (C=O) groups excluding carboxylic acids is 1. The Labute approximate surface area is 105 Å². The molecule has 1 saturated heterocycles. The van der Waals surface area contributed by atoms with E-state index in [0.29, 0.717) is 12.5 Å². The van der Waals surface area contributed by atoms with Gasteiger partial charge in [0.1, 0.15) is 0 Å². The quantitative estimate of drug-likeness (QED) is 0.796. The van der Waals surface area contributed by atoms with Crippen LogP contribution in [-0.2, 0) is 9.53 Å². The van der Waals surface area contributed by atoms with Crippen LogP contribution >= 0.6 is 0 Å². The highest BCUT2D eigenvalue weighted by atomic mass is 16.5. The van der Waals surface area contributed by atoms with Crippen LogP contribution in [0, 0.1) is 5.92 Å². The Kier molecular flexibility index (Phi) is 4.55. The van der Waals surface area contributed by atoms with Crippen molar-refractivity contribution in [3.63, 3.8) is 0 Å². The number of methoxy groups -OCH3 is 1. The minimum atomic E-state index is -0.299. The van der Waals surface area contributed by atoms with E-state index >= 15 is 0 Å². The first-order chi connectivity index (χ1) is 7.82. The Balaban J connectivity index is 2.82. The third-order valence-electron chi connectivity index (χ3n) is 3.43. The zero-order valence-electron chi connectivity index (χ0n) is 11.9. The lowest BCUT2D eigenvalue weighted by Gasteiger charge is -2.34. The molecule has 0 aromatic carbocycles. The number of nitrogens with one attached hydrogen (secondary N) is 1. The molecule has 0 spiro atoms. The predicted octanol–water partition coefficient (Wildman–Crippen LogP) is 1.60. The highest BCUT2D eigenvalue weighted by Gasteiger charge is 2.41. The first-order valence-electron chi connectivity index (χ1n) is 6.44. The summed E-state index contributed by atoms with van der Waals surface area (Å²) < 4.78 is 5.42. The van der Waals surface area contributed by atoms with Crippen molar-refractivity contribution in [2.75, 3.05) is 13.7 Å². The van der Waals surface area contributed by atoms with Crippen LogP contribution in [-0.4, -0.2) is 42.3 Å². The Hall–Kier alpha value is -0.610. The Morgan fingerprint density at radius 3 is 2.47 bits per heavy atom. The summed E-state index contributed by atoms with van der Waals surface area (Å²) in [5.41, 5.74) is -0.299. The van der Waals surface area contributed by atoms with Crippen molar-refractivity contribution in [1.29, 1.82) is 0 Å². The molecule has 0 aliphatic carbocycles. The summed E-state index contributed by atoms with van der Waals surface area (Å²) in [6, 6.07) is -0.0324. The van der Waals surface area contributed by atoms with Crippen LogP contribution in [0.2, 0.25) is 0 Å². The monoisotopic (exact) mass is 242 g/mol. The lowest BCUT2D eigenvalue weighted by molar-refractivity contribution is -0.134. The maximum Gasteiger partial charge on any atom is 0.241 e. The van der Waals surface area contributed by atoms with Crippen LogP contribution < -0.4 is 5.32 Å². The summed E-state index contributed by atoms with van der Waals surface area (Å²) in [5, 5.41) is 3.41. The second-order valence-electron chi connectivity index (χ2n) is 5.75. The fraction of sp³-hybridized carbons (Fsp3) is 0.923. The van der Waals surface area contributed by atoms with Gasteiger partial charge in [-0.05, 0) is 26.2 Å². The van der Waals surface area contributed by atoms with Crippen molar-refractivity contribution >= 4 is 5.91 Å². The molecule has 0 saturated carbocycles. The Morgan fingerprint density at radius 1 is 1.47 bits per heavy atom. The first kappa shape index (κ1) is 14.5. The van der Waals surface area contributed by atoms with E-state index in [1.807, 2.05) is 25.7 Å². The van der Waals surface area contributed by atoms with E-state index in [4.69, 9.17) is 4.74 Å². The van der Waals surface area contributed by atoms with Crippen LogP contribution in [0.5, 0.6) is 0 Å². The summed E-state index contributed by atoms with van der Waals surface area (Å²) in [4.78, 5) is 14.2.